The Morgan fingerprint density at radius 1 is 0.397 bits per heavy atom. The maximum atomic E-state index is 11.3. The molecule has 0 aliphatic heterocycles. The van der Waals surface area contributed by atoms with Crippen molar-refractivity contribution in [1.29, 1.82) is 0 Å². The molecule has 0 spiro atoms. The average molecular weight is 1870 g/mol. The molecular weight excluding hydrogens is 1720 g/mol. The molecule has 1 N–H and O–H groups in total. The summed E-state index contributed by atoms with van der Waals surface area (Å²) < 4.78 is 147. The molecule has 0 saturated carbocycles. The Morgan fingerprint density at radius 2 is 0.722 bits per heavy atom. The molecule has 0 radical (unpaired) electrons. The number of phosphoric ester groups is 1. The number of hydrogen-bond donors (Lipinski definition) is 1. The molecule has 0 rings (SSSR count). The normalized spacial score (nSPS) is 11.2. The summed E-state index contributed by atoms with van der Waals surface area (Å²) in [7, 11) is 8.99. The highest BCUT2D eigenvalue weighted by molar-refractivity contribution is 7.85. The molecule has 736 valence electrons. The molecule has 0 aliphatic rings. The van der Waals surface area contributed by atoms with Crippen molar-refractivity contribution in [2.24, 2.45) is 0 Å². The van der Waals surface area contributed by atoms with Crippen molar-refractivity contribution in [3.8, 4) is 0 Å². The minimum atomic E-state index is -4.34. The number of ether oxygens (including phenoxy) is 13. The van der Waals surface area contributed by atoms with Gasteiger partial charge in [0.1, 0.15) is 79.0 Å². The highest BCUT2D eigenvalue weighted by Gasteiger charge is 2.20. The number of phosphoric acid groups is 1. The molecule has 0 heterocycles. The first-order valence-electron chi connectivity index (χ1n) is 39.8. The van der Waals surface area contributed by atoms with Gasteiger partial charge < -0.3 is 123 Å². The van der Waals surface area contributed by atoms with Crippen LogP contribution in [0, 0.1) is 0 Å². The van der Waals surface area contributed by atoms with Gasteiger partial charge in [-0.1, -0.05) is 73.1 Å². The van der Waals surface area contributed by atoms with Gasteiger partial charge in [-0.3, -0.25) is 9.36 Å². The van der Waals surface area contributed by atoms with Crippen LogP contribution < -0.4 is 15.3 Å². The highest BCUT2D eigenvalue weighted by Crippen LogP contribution is 2.37. The largest absolute Gasteiger partial charge is 0.756 e. The van der Waals surface area contributed by atoms with Gasteiger partial charge in [-0.25, -0.2) is 55.2 Å². The molecule has 0 aromatic heterocycles. The lowest BCUT2D eigenvalue weighted by Crippen LogP contribution is -2.50. The van der Waals surface area contributed by atoms with E-state index in [0.717, 1.165) is 57.2 Å². The van der Waals surface area contributed by atoms with E-state index >= 15 is 0 Å². The smallest absolute Gasteiger partial charge is 0.333 e. The number of aliphatic carboxylic acids is 1. The van der Waals surface area contributed by atoms with Gasteiger partial charge in [0.15, 0.2) is 0 Å². The predicted molar refractivity (Wildman–Crippen MR) is 471 cm³/mol. The number of nitrogens with zero attached hydrogens (tertiary/aromatic N) is 5. The van der Waals surface area contributed by atoms with E-state index in [0.29, 0.717) is 166 Å². The second-order valence-electron chi connectivity index (χ2n) is 29.6. The van der Waals surface area contributed by atoms with Crippen molar-refractivity contribution < 1.29 is 177 Å². The quantitative estimate of drug-likeness (QED) is 0.0173. The van der Waals surface area contributed by atoms with E-state index in [4.69, 9.17) is 28.4 Å². The van der Waals surface area contributed by atoms with Crippen LogP contribution >= 0.6 is 7.82 Å². The van der Waals surface area contributed by atoms with E-state index in [-0.39, 0.29) is 91.6 Å². The van der Waals surface area contributed by atoms with Crippen LogP contribution in [-0.2, 0) is 143 Å². The number of carbonyl (C=O) groups is 10. The minimum absolute atomic E-state index is 0.0375. The van der Waals surface area contributed by atoms with Crippen molar-refractivity contribution in [2.45, 2.75) is 88.0 Å². The molecule has 0 bridgehead atoms. The zero-order valence-electron chi connectivity index (χ0n) is 79.0. The number of methoxy groups -OCH3 is 3. The third-order valence-electron chi connectivity index (χ3n) is 14.5. The van der Waals surface area contributed by atoms with E-state index in [1.165, 1.54) is 6.92 Å². The third-order valence-corrected chi connectivity index (χ3v) is 17.1. The molecule has 40 nitrogen and oxygen atoms in total. The zero-order chi connectivity index (χ0) is 99.8. The molecule has 1 unspecified atom stereocenters. The summed E-state index contributed by atoms with van der Waals surface area (Å²) in [5.41, 5.74) is 2.27. The number of carbonyl (C=O) groups excluding carboxylic acids is 10. The van der Waals surface area contributed by atoms with Crippen LogP contribution in [0.3, 0.4) is 0 Å². The first-order valence-corrected chi connectivity index (χ1v) is 44.4. The lowest BCUT2D eigenvalue weighted by atomic mass is 10.3. The van der Waals surface area contributed by atoms with Gasteiger partial charge >= 0.3 is 47.8 Å². The van der Waals surface area contributed by atoms with E-state index in [2.05, 4.69) is 125 Å². The molecule has 0 aromatic carbocycles. The summed E-state index contributed by atoms with van der Waals surface area (Å²) in [5, 5.41) is 13.1. The lowest BCUT2D eigenvalue weighted by Gasteiger charge is -2.30. The molecule has 0 aromatic rings. The maximum Gasteiger partial charge on any atom is 0.333 e. The van der Waals surface area contributed by atoms with Crippen LogP contribution in [0.2, 0.25) is 0 Å². The fraction of sp³-hybridized carbons (Fsp3) is 0.663. The molecule has 43 heteroatoms. The number of likely N-dealkylation sites (N-methyl/N-ethyl adjacent to an activating group) is 4. The van der Waals surface area contributed by atoms with Crippen molar-refractivity contribution in [1.82, 2.24) is 10.2 Å². The number of nitrogens with one attached hydrogen (secondary N) is 1. The highest BCUT2D eigenvalue weighted by atomic mass is 32.2. The van der Waals surface area contributed by atoms with E-state index in [9.17, 15) is 88.5 Å². The number of rotatable bonds is 59. The van der Waals surface area contributed by atoms with E-state index in [1.807, 2.05) is 56.3 Å². The number of quaternary nitrogens is 4. The van der Waals surface area contributed by atoms with E-state index < -0.39 is 63.9 Å². The number of carboxylic acids is 1. The maximum absolute atomic E-state index is 11.3. The topological polar surface area (TPSA) is 502 Å². The molecule has 1 amide bonds. The zero-order valence-corrected chi connectivity index (χ0v) is 81.5. The van der Waals surface area contributed by atoms with Crippen LogP contribution in [0.5, 0.6) is 0 Å². The average Bonchev–Trinajstić information content (AvgIpc) is 0.932. The summed E-state index contributed by atoms with van der Waals surface area (Å²) in [5.74, 6) is -5.30. The van der Waals surface area contributed by atoms with Gasteiger partial charge in [0.25, 0.3) is 7.82 Å². The first-order chi connectivity index (χ1) is 58.1. The third kappa shape index (κ3) is 114. The van der Waals surface area contributed by atoms with Gasteiger partial charge in [0.05, 0.1) is 156 Å². The van der Waals surface area contributed by atoms with E-state index in [1.54, 1.807) is 70.0 Å². The summed E-state index contributed by atoms with van der Waals surface area (Å²) in [6, 6.07) is 0. The molecule has 1 atom stereocenters. The number of amides is 1. The second kappa shape index (κ2) is 82.6. The number of esters is 8. The lowest BCUT2D eigenvalue weighted by molar-refractivity contribution is -0.890. The summed E-state index contributed by atoms with van der Waals surface area (Å²) in [6.07, 6.45) is 5.57. The Bertz CT molecular complexity index is 3460. The molecule has 126 heavy (non-hydrogen) atoms. The van der Waals surface area contributed by atoms with Crippen LogP contribution in [0.1, 0.15) is 88.0 Å². The number of carboxylic acid groups (broad SMARTS) is 1. The van der Waals surface area contributed by atoms with Crippen LogP contribution in [-0.4, -0.2) is 389 Å². The van der Waals surface area contributed by atoms with Crippen molar-refractivity contribution in [3.63, 3.8) is 0 Å². The predicted octanol–water partition coefficient (Wildman–Crippen LogP) is 3.53. The Labute approximate surface area is 750 Å². The Morgan fingerprint density at radius 3 is 1.07 bits per heavy atom. The number of hydrogen-bond acceptors (Lipinski definition) is 35. The van der Waals surface area contributed by atoms with Crippen molar-refractivity contribution >= 4 is 87.7 Å². The van der Waals surface area contributed by atoms with Gasteiger partial charge in [-0.2, -0.15) is 0 Å². The molecule has 0 saturated heterocycles. The summed E-state index contributed by atoms with van der Waals surface area (Å²) in [6.45, 7) is 58.2. The SMILES string of the molecule is C=C(C)C(=O)NCCC[N+](C)(C)CCCS(=O)(=O)[O-].C=C(C)C(=O)OCCN(CC)CC.C=C(C)C(=O)OCCOC.C=C(C)C(=O)OCCOP(=O)([O-])OCC[N+](C)(C)C.C=C(C)C(=O)OCC[N+](C)(C)CC(=O)[O-].C=C(C)C(=O)OCC[N+](C)(C)CCCS(=O)(=O)[O-].C=CC(=O)OCCCOC.C=CC(=O)OCCOC.C=CC(=O)OCCOCCOCC. The Balaban J connectivity index is -0.000000176. The standard InChI is InChI=1S/C12H24N2O4S.C11H22NO6P.C11H21NO5S.C10H17NO4.C10H19NO2.C9H16O4.2C7H12O3.C6H10O3/c1-11(2)12(15)13-7-5-8-14(3,4)9-6-10-19(16,17)18;1-10(2)11(13)16-8-9-18-19(14,15)17-7-6-12(3,4)5;1-10(2)11(13)17-8-7-12(3,4)6-5-9-18(14,15)16;1-8(2)10(14)15-6-5-11(3,4)7-9(12)13;1-5-11(6-2)7-8-13-10(12)9(3)4;1-3-9(10)13-8-7-12-6-5-11-4-2;1-6(2)7(8)10-5-4-9-3;1-3-7(8)10-6-4-5-9-2;1-3-6(7)9-5-4-8-2/h1,5-10H2,2-4H3,(H-,13,15,16,17,18);1,6-9H2,2-5H3;1,5-9H2,2-4H3;1,5-7H2,2-4H3;3,5-8H2,1-2,4H3;3H,1,4-8H2,2H3;1,4-5H2,2-3H3;3H,1,4-6H2,2H3;3H,1,4-5H2,2H3. The summed E-state index contributed by atoms with van der Waals surface area (Å²) in [4.78, 5) is 121. The molecule has 0 fully saturated rings. The minimum Gasteiger partial charge on any atom is -0.756 e. The van der Waals surface area contributed by atoms with Crippen LogP contribution in [0.25, 0.3) is 0 Å². The Hall–Kier alpha value is -8.11. The summed E-state index contributed by atoms with van der Waals surface area (Å²) >= 11 is 0. The fourth-order valence-corrected chi connectivity index (χ4v) is 9.00. The fourth-order valence-electron chi connectivity index (χ4n) is 7.35. The van der Waals surface area contributed by atoms with Crippen molar-refractivity contribution in [3.05, 3.63) is 111 Å². The molecular formula is C83H153N6O34PS2. The van der Waals surface area contributed by atoms with Crippen LogP contribution in [0.15, 0.2) is 111 Å². The van der Waals surface area contributed by atoms with Gasteiger partial charge in [0, 0.05) is 136 Å². The molecule has 0 aliphatic carbocycles. The second-order valence-corrected chi connectivity index (χ2v) is 34.0. The van der Waals surface area contributed by atoms with Crippen molar-refractivity contribution in [2.75, 3.05) is 281 Å². The Kier molecular flexibility index (Phi) is 89.0. The van der Waals surface area contributed by atoms with Gasteiger partial charge in [0.2, 0.25) is 5.91 Å². The van der Waals surface area contributed by atoms with Gasteiger partial charge in [-0.15, -0.1) is 0 Å². The monoisotopic (exact) mass is 1870 g/mol. The van der Waals surface area contributed by atoms with Crippen LogP contribution in [0.4, 0.5) is 0 Å². The van der Waals surface area contributed by atoms with Gasteiger partial charge in [-0.05, 0) is 61.6 Å². The first kappa shape index (κ1) is 136.